The average molecular weight is 396 g/mol. The Hall–Kier alpha value is -2.05. The molecule has 2 aromatic rings. The van der Waals surface area contributed by atoms with Crippen molar-refractivity contribution in [2.45, 2.75) is 51.2 Å². The van der Waals surface area contributed by atoms with Crippen molar-refractivity contribution in [2.75, 3.05) is 37.6 Å². The van der Waals surface area contributed by atoms with E-state index in [0.717, 1.165) is 68.8 Å². The Morgan fingerprint density at radius 1 is 1.03 bits per heavy atom. The Bertz CT molecular complexity index is 860. The molecule has 6 heteroatoms. The number of hydrogen-bond donors (Lipinski definition) is 0. The third-order valence-electron chi connectivity index (χ3n) is 7.12. The van der Waals surface area contributed by atoms with Crippen LogP contribution in [0.4, 0.5) is 10.2 Å². The molecule has 0 radical (unpaired) electrons. The first kappa shape index (κ1) is 18.9. The Morgan fingerprint density at radius 3 is 2.55 bits per heavy atom. The lowest BCUT2D eigenvalue weighted by Gasteiger charge is -2.44. The van der Waals surface area contributed by atoms with E-state index in [0.29, 0.717) is 0 Å². The van der Waals surface area contributed by atoms with Crippen LogP contribution in [0.3, 0.4) is 0 Å². The second-order valence-electron chi connectivity index (χ2n) is 8.65. The highest BCUT2D eigenvalue weighted by Crippen LogP contribution is 2.32. The molecule has 1 saturated carbocycles. The van der Waals surface area contributed by atoms with E-state index in [1.54, 1.807) is 18.5 Å². The summed E-state index contributed by atoms with van der Waals surface area (Å²) in [5.41, 5.74) is 3.16. The first-order valence-electron chi connectivity index (χ1n) is 11.0. The van der Waals surface area contributed by atoms with Crippen LogP contribution in [0.15, 0.2) is 30.6 Å². The van der Waals surface area contributed by atoms with Gasteiger partial charge in [0, 0.05) is 62.5 Å². The lowest BCUT2D eigenvalue weighted by atomic mass is 9.91. The van der Waals surface area contributed by atoms with Crippen molar-refractivity contribution in [3.05, 3.63) is 53.2 Å². The summed E-state index contributed by atoms with van der Waals surface area (Å²) in [4.78, 5) is 16.7. The van der Waals surface area contributed by atoms with E-state index in [1.807, 2.05) is 12.1 Å². The largest absolute Gasteiger partial charge is 0.354 e. The zero-order valence-electron chi connectivity index (χ0n) is 17.2. The SMILES string of the molecule is CC(c1ccccc1F)N1CCc2c(ncnc2N2CCN(C3CCC3)CC2)C1. The maximum atomic E-state index is 14.3. The molecule has 5 nitrogen and oxygen atoms in total. The molecule has 2 aliphatic heterocycles. The van der Waals surface area contributed by atoms with E-state index in [1.165, 1.54) is 24.8 Å². The molecule has 0 spiro atoms. The Labute approximate surface area is 172 Å². The molecule has 2 fully saturated rings. The molecule has 3 aliphatic rings. The first-order valence-corrected chi connectivity index (χ1v) is 11.0. The van der Waals surface area contributed by atoms with E-state index in [2.05, 4.69) is 31.6 Å². The van der Waals surface area contributed by atoms with Crippen LogP contribution in [0, 0.1) is 5.82 Å². The summed E-state index contributed by atoms with van der Waals surface area (Å²) >= 11 is 0. The van der Waals surface area contributed by atoms with Gasteiger partial charge in [0.2, 0.25) is 0 Å². The number of benzene rings is 1. The van der Waals surface area contributed by atoms with Crippen molar-refractivity contribution >= 4 is 5.82 Å². The first-order chi connectivity index (χ1) is 14.2. The third-order valence-corrected chi connectivity index (χ3v) is 7.12. The van der Waals surface area contributed by atoms with Gasteiger partial charge in [0.05, 0.1) is 5.69 Å². The summed E-state index contributed by atoms with van der Waals surface area (Å²) < 4.78 is 14.3. The molecule has 0 bridgehead atoms. The third kappa shape index (κ3) is 3.64. The van der Waals surface area contributed by atoms with Crippen molar-refractivity contribution < 1.29 is 4.39 Å². The highest BCUT2D eigenvalue weighted by molar-refractivity contribution is 5.50. The van der Waals surface area contributed by atoms with Crippen LogP contribution in [0.5, 0.6) is 0 Å². The van der Waals surface area contributed by atoms with E-state index >= 15 is 0 Å². The summed E-state index contributed by atoms with van der Waals surface area (Å²) in [7, 11) is 0. The summed E-state index contributed by atoms with van der Waals surface area (Å²) in [6.45, 7) is 8.13. The van der Waals surface area contributed by atoms with Gasteiger partial charge in [-0.3, -0.25) is 9.80 Å². The van der Waals surface area contributed by atoms with E-state index < -0.39 is 0 Å². The van der Waals surface area contributed by atoms with Gasteiger partial charge in [-0.2, -0.15) is 0 Å². The standard InChI is InChI=1S/C23H30FN5/c1-17(19-7-2-3-8-21(19)24)29-10-9-20-22(15-29)25-16-26-23(20)28-13-11-27(12-14-28)18-5-4-6-18/h2-3,7-8,16-18H,4-6,9-15H2,1H3. The molecule has 1 aromatic heterocycles. The Morgan fingerprint density at radius 2 is 1.83 bits per heavy atom. The summed E-state index contributed by atoms with van der Waals surface area (Å²) in [5.74, 6) is 1.000. The van der Waals surface area contributed by atoms with E-state index in [-0.39, 0.29) is 11.9 Å². The van der Waals surface area contributed by atoms with Gasteiger partial charge < -0.3 is 4.90 Å². The normalized spacial score (nSPS) is 22.2. The summed E-state index contributed by atoms with van der Waals surface area (Å²) in [6.07, 6.45) is 6.78. The average Bonchev–Trinajstić information content (AvgIpc) is 2.72. The molecule has 5 rings (SSSR count). The Kier molecular flexibility index (Phi) is 5.22. The highest BCUT2D eigenvalue weighted by Gasteiger charge is 2.31. The van der Waals surface area contributed by atoms with Crippen LogP contribution in [0.25, 0.3) is 0 Å². The minimum Gasteiger partial charge on any atom is -0.354 e. The van der Waals surface area contributed by atoms with Crippen molar-refractivity contribution in [1.29, 1.82) is 0 Å². The lowest BCUT2D eigenvalue weighted by Crippen LogP contribution is -2.52. The Balaban J connectivity index is 1.30. The molecule has 1 unspecified atom stereocenters. The van der Waals surface area contributed by atoms with Gasteiger partial charge >= 0.3 is 0 Å². The molecule has 29 heavy (non-hydrogen) atoms. The van der Waals surface area contributed by atoms with Crippen LogP contribution >= 0.6 is 0 Å². The monoisotopic (exact) mass is 395 g/mol. The number of fused-ring (bicyclic) bond motifs is 1. The van der Waals surface area contributed by atoms with E-state index in [4.69, 9.17) is 0 Å². The zero-order chi connectivity index (χ0) is 19.8. The minimum absolute atomic E-state index is 0.0359. The fourth-order valence-corrected chi connectivity index (χ4v) is 5.02. The molecule has 1 aromatic carbocycles. The molecule has 0 amide bonds. The van der Waals surface area contributed by atoms with Crippen molar-refractivity contribution in [2.24, 2.45) is 0 Å². The van der Waals surface area contributed by atoms with Crippen molar-refractivity contribution in [3.63, 3.8) is 0 Å². The minimum atomic E-state index is -0.126. The quantitative estimate of drug-likeness (QED) is 0.793. The molecule has 1 aliphatic carbocycles. The van der Waals surface area contributed by atoms with Gasteiger partial charge in [-0.05, 0) is 32.3 Å². The molecule has 1 atom stereocenters. The zero-order valence-corrected chi connectivity index (χ0v) is 17.2. The summed E-state index contributed by atoms with van der Waals surface area (Å²) in [5, 5.41) is 0. The van der Waals surface area contributed by atoms with Gasteiger partial charge in [0.15, 0.2) is 0 Å². The lowest BCUT2D eigenvalue weighted by molar-refractivity contribution is 0.120. The van der Waals surface area contributed by atoms with Gasteiger partial charge in [0.25, 0.3) is 0 Å². The maximum absolute atomic E-state index is 14.3. The number of nitrogens with zero attached hydrogens (tertiary/aromatic N) is 5. The molecule has 3 heterocycles. The predicted molar refractivity (Wildman–Crippen MR) is 112 cm³/mol. The molecule has 0 N–H and O–H groups in total. The van der Waals surface area contributed by atoms with Crippen molar-refractivity contribution in [1.82, 2.24) is 19.8 Å². The van der Waals surface area contributed by atoms with Gasteiger partial charge in [-0.15, -0.1) is 0 Å². The highest BCUT2D eigenvalue weighted by atomic mass is 19.1. The number of aromatic nitrogens is 2. The van der Waals surface area contributed by atoms with Crippen LogP contribution in [0.1, 0.15) is 49.0 Å². The number of rotatable bonds is 4. The number of piperazine rings is 1. The van der Waals surface area contributed by atoms with Crippen LogP contribution in [0.2, 0.25) is 0 Å². The van der Waals surface area contributed by atoms with Crippen LogP contribution < -0.4 is 4.90 Å². The topological polar surface area (TPSA) is 35.5 Å². The van der Waals surface area contributed by atoms with Gasteiger partial charge in [0.1, 0.15) is 18.0 Å². The number of anilines is 1. The van der Waals surface area contributed by atoms with E-state index in [9.17, 15) is 4.39 Å². The molecule has 154 valence electrons. The maximum Gasteiger partial charge on any atom is 0.135 e. The smallest absolute Gasteiger partial charge is 0.135 e. The molecular formula is C23H30FN5. The molecule has 1 saturated heterocycles. The fraction of sp³-hybridized carbons (Fsp3) is 0.565. The molecular weight excluding hydrogens is 365 g/mol. The van der Waals surface area contributed by atoms with Gasteiger partial charge in [-0.25, -0.2) is 14.4 Å². The number of hydrogen-bond acceptors (Lipinski definition) is 5. The fourth-order valence-electron chi connectivity index (χ4n) is 5.02. The summed E-state index contributed by atoms with van der Waals surface area (Å²) in [6, 6.07) is 7.96. The number of halogens is 1. The van der Waals surface area contributed by atoms with Gasteiger partial charge in [-0.1, -0.05) is 24.6 Å². The second-order valence-corrected chi connectivity index (χ2v) is 8.65. The predicted octanol–water partition coefficient (Wildman–Crippen LogP) is 3.41. The second kappa shape index (κ2) is 8.00. The van der Waals surface area contributed by atoms with Crippen LogP contribution in [-0.4, -0.2) is 58.5 Å². The van der Waals surface area contributed by atoms with Crippen LogP contribution in [-0.2, 0) is 13.0 Å². The van der Waals surface area contributed by atoms with Crippen molar-refractivity contribution in [3.8, 4) is 0 Å².